The Hall–Kier alpha value is -2.77. The maximum Gasteiger partial charge on any atom is 0.238 e. The average molecular weight is 328 g/mol. The lowest BCUT2D eigenvalue weighted by molar-refractivity contribution is 0.598. The molecule has 0 saturated carbocycles. The molecular formula is C16H16N4O2S. The molecular weight excluding hydrogens is 312 g/mol. The normalized spacial score (nSPS) is 10.3. The molecule has 0 atom stereocenters. The molecule has 118 valence electrons. The van der Waals surface area contributed by atoms with Crippen LogP contribution in [0.25, 0.3) is 0 Å². The molecule has 3 rings (SSSR count). The molecule has 0 aliphatic carbocycles. The van der Waals surface area contributed by atoms with E-state index in [1.807, 2.05) is 30.3 Å². The Labute approximate surface area is 135 Å². The minimum Gasteiger partial charge on any atom is -0.324 e. The Morgan fingerprint density at radius 2 is 1.30 bits per heavy atom. The molecule has 0 spiro atoms. The third-order valence-electron chi connectivity index (χ3n) is 2.67. The Balaban J connectivity index is 0.000000174. The second kappa shape index (κ2) is 8.02. The molecule has 0 aliphatic rings. The SMILES string of the molecule is NS(=O)(=O)c1ccccc1.c1ccc(Nc2ncccn2)cc1. The van der Waals surface area contributed by atoms with Crippen LogP contribution in [0.15, 0.2) is 84.0 Å². The smallest absolute Gasteiger partial charge is 0.238 e. The van der Waals surface area contributed by atoms with Crippen LogP contribution < -0.4 is 10.5 Å². The first-order chi connectivity index (χ1) is 11.1. The molecule has 3 aromatic rings. The van der Waals surface area contributed by atoms with Gasteiger partial charge in [-0.15, -0.1) is 0 Å². The zero-order chi connectivity index (χ0) is 16.5. The third-order valence-corrected chi connectivity index (χ3v) is 3.60. The molecule has 7 heteroatoms. The number of nitrogens with one attached hydrogen (secondary N) is 1. The van der Waals surface area contributed by atoms with Crippen molar-refractivity contribution in [1.29, 1.82) is 0 Å². The van der Waals surface area contributed by atoms with Crippen molar-refractivity contribution in [3.8, 4) is 0 Å². The maximum atomic E-state index is 10.6. The quantitative estimate of drug-likeness (QED) is 0.770. The summed E-state index contributed by atoms with van der Waals surface area (Å²) in [4.78, 5) is 8.25. The molecule has 0 saturated heterocycles. The average Bonchev–Trinajstić information content (AvgIpc) is 2.57. The van der Waals surface area contributed by atoms with Crippen molar-refractivity contribution in [3.05, 3.63) is 79.1 Å². The van der Waals surface area contributed by atoms with Crippen molar-refractivity contribution in [2.24, 2.45) is 5.14 Å². The van der Waals surface area contributed by atoms with E-state index in [1.165, 1.54) is 12.1 Å². The molecule has 1 heterocycles. The van der Waals surface area contributed by atoms with Crippen molar-refractivity contribution in [2.45, 2.75) is 4.90 Å². The topological polar surface area (TPSA) is 98.0 Å². The number of primary sulfonamides is 1. The first-order valence-corrected chi connectivity index (χ1v) is 8.27. The fourth-order valence-electron chi connectivity index (χ4n) is 1.62. The predicted molar refractivity (Wildman–Crippen MR) is 89.6 cm³/mol. The van der Waals surface area contributed by atoms with E-state index >= 15 is 0 Å². The fraction of sp³-hybridized carbons (Fsp3) is 0. The zero-order valence-electron chi connectivity index (χ0n) is 12.2. The van der Waals surface area contributed by atoms with Crippen molar-refractivity contribution < 1.29 is 8.42 Å². The summed E-state index contributed by atoms with van der Waals surface area (Å²) in [6.07, 6.45) is 3.41. The van der Waals surface area contributed by atoms with Gasteiger partial charge in [-0.2, -0.15) is 0 Å². The van der Waals surface area contributed by atoms with Crippen LogP contribution in [0.3, 0.4) is 0 Å². The van der Waals surface area contributed by atoms with Crippen LogP contribution in [0.4, 0.5) is 11.6 Å². The van der Waals surface area contributed by atoms with Gasteiger partial charge in [0, 0.05) is 18.1 Å². The summed E-state index contributed by atoms with van der Waals surface area (Å²) in [6, 6.07) is 19.5. The van der Waals surface area contributed by atoms with Gasteiger partial charge in [-0.3, -0.25) is 0 Å². The van der Waals surface area contributed by atoms with Crippen LogP contribution in [0.2, 0.25) is 0 Å². The zero-order valence-corrected chi connectivity index (χ0v) is 13.0. The lowest BCUT2D eigenvalue weighted by Gasteiger charge is -2.02. The number of anilines is 2. The molecule has 0 fully saturated rings. The second-order valence-electron chi connectivity index (χ2n) is 4.42. The van der Waals surface area contributed by atoms with E-state index in [4.69, 9.17) is 5.14 Å². The Bertz CT molecular complexity index is 773. The molecule has 0 unspecified atom stereocenters. The Morgan fingerprint density at radius 3 is 1.78 bits per heavy atom. The van der Waals surface area contributed by atoms with Gasteiger partial charge in [-0.05, 0) is 30.3 Å². The van der Waals surface area contributed by atoms with E-state index in [0.717, 1.165) is 5.69 Å². The summed E-state index contributed by atoms with van der Waals surface area (Å²) >= 11 is 0. The number of nitrogens with zero attached hydrogens (tertiary/aromatic N) is 2. The summed E-state index contributed by atoms with van der Waals surface area (Å²) in [5, 5.41) is 7.91. The summed E-state index contributed by atoms with van der Waals surface area (Å²) in [5.41, 5.74) is 0.994. The highest BCUT2D eigenvalue weighted by Crippen LogP contribution is 2.09. The number of aromatic nitrogens is 2. The number of para-hydroxylation sites is 1. The lowest BCUT2D eigenvalue weighted by atomic mass is 10.3. The number of rotatable bonds is 3. The molecule has 0 aliphatic heterocycles. The van der Waals surface area contributed by atoms with E-state index in [0.29, 0.717) is 5.95 Å². The van der Waals surface area contributed by atoms with Crippen LogP contribution in [0.1, 0.15) is 0 Å². The van der Waals surface area contributed by atoms with Crippen LogP contribution in [0, 0.1) is 0 Å². The predicted octanol–water partition coefficient (Wildman–Crippen LogP) is 2.55. The lowest BCUT2D eigenvalue weighted by Crippen LogP contribution is -2.11. The summed E-state index contributed by atoms with van der Waals surface area (Å²) in [5.74, 6) is 0.619. The molecule has 0 radical (unpaired) electrons. The van der Waals surface area contributed by atoms with E-state index in [2.05, 4.69) is 15.3 Å². The molecule has 2 aromatic carbocycles. The van der Waals surface area contributed by atoms with Gasteiger partial charge in [-0.1, -0.05) is 36.4 Å². The highest BCUT2D eigenvalue weighted by molar-refractivity contribution is 7.89. The van der Waals surface area contributed by atoms with Gasteiger partial charge in [-0.25, -0.2) is 23.5 Å². The first-order valence-electron chi connectivity index (χ1n) is 6.72. The minimum absolute atomic E-state index is 0.148. The van der Waals surface area contributed by atoms with Crippen LogP contribution in [0.5, 0.6) is 0 Å². The van der Waals surface area contributed by atoms with Crippen molar-refractivity contribution in [2.75, 3.05) is 5.32 Å². The first kappa shape index (κ1) is 16.6. The minimum atomic E-state index is -3.50. The van der Waals surface area contributed by atoms with Gasteiger partial charge >= 0.3 is 0 Å². The molecule has 0 bridgehead atoms. The van der Waals surface area contributed by atoms with E-state index in [9.17, 15) is 8.42 Å². The summed E-state index contributed by atoms with van der Waals surface area (Å²) in [7, 11) is -3.50. The Morgan fingerprint density at radius 1 is 0.783 bits per heavy atom. The highest BCUT2D eigenvalue weighted by Gasteiger charge is 2.03. The number of nitrogens with two attached hydrogens (primary N) is 1. The Kier molecular flexibility index (Phi) is 5.79. The van der Waals surface area contributed by atoms with Crippen molar-refractivity contribution in [3.63, 3.8) is 0 Å². The largest absolute Gasteiger partial charge is 0.324 e. The molecule has 23 heavy (non-hydrogen) atoms. The van der Waals surface area contributed by atoms with Gasteiger partial charge < -0.3 is 5.32 Å². The number of hydrogen-bond donors (Lipinski definition) is 2. The third kappa shape index (κ3) is 5.85. The van der Waals surface area contributed by atoms with Crippen LogP contribution >= 0.6 is 0 Å². The number of sulfonamides is 1. The van der Waals surface area contributed by atoms with Crippen molar-refractivity contribution in [1.82, 2.24) is 9.97 Å². The summed E-state index contributed by atoms with van der Waals surface area (Å²) in [6.45, 7) is 0. The molecule has 1 aromatic heterocycles. The van der Waals surface area contributed by atoms with E-state index < -0.39 is 10.0 Å². The molecule has 6 nitrogen and oxygen atoms in total. The van der Waals surface area contributed by atoms with E-state index in [1.54, 1.807) is 36.7 Å². The number of hydrogen-bond acceptors (Lipinski definition) is 5. The molecule has 3 N–H and O–H groups in total. The van der Waals surface area contributed by atoms with Crippen LogP contribution in [-0.4, -0.2) is 18.4 Å². The van der Waals surface area contributed by atoms with Gasteiger partial charge in [0.15, 0.2) is 0 Å². The van der Waals surface area contributed by atoms with Crippen LogP contribution in [-0.2, 0) is 10.0 Å². The van der Waals surface area contributed by atoms with E-state index in [-0.39, 0.29) is 4.90 Å². The number of benzene rings is 2. The monoisotopic (exact) mass is 328 g/mol. The maximum absolute atomic E-state index is 10.6. The second-order valence-corrected chi connectivity index (χ2v) is 5.98. The van der Waals surface area contributed by atoms with Gasteiger partial charge in [0.2, 0.25) is 16.0 Å². The van der Waals surface area contributed by atoms with Gasteiger partial charge in [0.05, 0.1) is 4.90 Å². The summed E-state index contributed by atoms with van der Waals surface area (Å²) < 4.78 is 21.2. The fourth-order valence-corrected chi connectivity index (χ4v) is 2.16. The highest BCUT2D eigenvalue weighted by atomic mass is 32.2. The molecule has 0 amide bonds. The van der Waals surface area contributed by atoms with Gasteiger partial charge in [0.25, 0.3) is 0 Å². The van der Waals surface area contributed by atoms with Crippen molar-refractivity contribution >= 4 is 21.7 Å². The van der Waals surface area contributed by atoms with Gasteiger partial charge in [0.1, 0.15) is 0 Å². The standard InChI is InChI=1S/C10H9N3.C6H7NO2S/c1-2-5-9(6-3-1)13-10-11-7-4-8-12-10;7-10(8,9)6-4-2-1-3-5-6/h1-8H,(H,11,12,13);1-5H,(H2,7,8,9).